The van der Waals surface area contributed by atoms with Crippen molar-refractivity contribution in [2.24, 2.45) is 5.92 Å². The summed E-state index contributed by atoms with van der Waals surface area (Å²) in [6.45, 7) is 5.49. The van der Waals surface area contributed by atoms with Gasteiger partial charge in [-0.15, -0.1) is 0 Å². The van der Waals surface area contributed by atoms with Gasteiger partial charge in [0.1, 0.15) is 12.4 Å². The normalized spacial score (nSPS) is 23.2. The zero-order chi connectivity index (χ0) is 21.5. The number of halogens is 2. The summed E-state index contributed by atoms with van der Waals surface area (Å²) in [7, 11) is 0. The Labute approximate surface area is 187 Å². The van der Waals surface area contributed by atoms with Crippen LogP contribution in [0, 0.1) is 5.92 Å². The van der Waals surface area contributed by atoms with E-state index in [-0.39, 0.29) is 11.5 Å². The first-order chi connectivity index (χ1) is 14.3. The number of nitrogens with zero attached hydrogens (tertiary/aromatic N) is 1. The van der Waals surface area contributed by atoms with Crippen molar-refractivity contribution in [1.82, 2.24) is 4.90 Å². The molecule has 1 N–H and O–H groups in total. The van der Waals surface area contributed by atoms with E-state index < -0.39 is 5.97 Å². The van der Waals surface area contributed by atoms with Crippen LogP contribution in [0.2, 0.25) is 10.0 Å². The number of hydrogen-bond donors (Lipinski definition) is 1. The maximum atomic E-state index is 11.5. The summed E-state index contributed by atoms with van der Waals surface area (Å²) in [5.41, 5.74) is 3.30. The van der Waals surface area contributed by atoms with Crippen LogP contribution >= 0.6 is 23.2 Å². The molecule has 0 spiro atoms. The van der Waals surface area contributed by atoms with Crippen molar-refractivity contribution in [2.45, 2.75) is 57.7 Å². The van der Waals surface area contributed by atoms with Gasteiger partial charge >= 0.3 is 5.97 Å². The number of carboxylic acid groups (broad SMARTS) is 1. The number of likely N-dealkylation sites (tertiary alicyclic amines) is 1. The molecule has 0 saturated carbocycles. The van der Waals surface area contributed by atoms with Gasteiger partial charge < -0.3 is 9.84 Å². The minimum absolute atomic E-state index is 0.135. The van der Waals surface area contributed by atoms with Gasteiger partial charge in [-0.25, -0.2) is 0 Å². The lowest BCUT2D eigenvalue weighted by atomic mass is 9.81. The predicted molar refractivity (Wildman–Crippen MR) is 119 cm³/mol. The van der Waals surface area contributed by atoms with Crippen molar-refractivity contribution in [3.63, 3.8) is 0 Å². The average Bonchev–Trinajstić information content (AvgIpc) is 3.09. The van der Waals surface area contributed by atoms with E-state index in [0.29, 0.717) is 35.5 Å². The molecule has 4 rings (SSSR count). The Hall–Kier alpha value is -1.75. The third-order valence-corrected chi connectivity index (χ3v) is 7.28. The van der Waals surface area contributed by atoms with Gasteiger partial charge in [-0.1, -0.05) is 35.3 Å². The molecule has 1 heterocycles. The Kier molecular flexibility index (Phi) is 6.02. The first-order valence-corrected chi connectivity index (χ1v) is 11.2. The molecule has 1 saturated heterocycles. The average molecular weight is 448 g/mol. The molecule has 1 aliphatic carbocycles. The van der Waals surface area contributed by atoms with Gasteiger partial charge in [0.25, 0.3) is 0 Å². The molecule has 4 nitrogen and oxygen atoms in total. The van der Waals surface area contributed by atoms with Crippen molar-refractivity contribution < 1.29 is 14.6 Å². The van der Waals surface area contributed by atoms with Gasteiger partial charge in [0.05, 0.1) is 5.92 Å². The Bertz CT molecular complexity index is 939. The van der Waals surface area contributed by atoms with Crippen LogP contribution in [0.1, 0.15) is 55.8 Å². The smallest absolute Gasteiger partial charge is 0.306 e. The molecule has 0 amide bonds. The van der Waals surface area contributed by atoms with Gasteiger partial charge in [0, 0.05) is 33.7 Å². The van der Waals surface area contributed by atoms with E-state index in [1.165, 1.54) is 11.1 Å². The first-order valence-electron chi connectivity index (χ1n) is 10.4. The van der Waals surface area contributed by atoms with Crippen LogP contribution in [0.3, 0.4) is 0 Å². The van der Waals surface area contributed by atoms with Crippen molar-refractivity contribution in [3.05, 3.63) is 63.1 Å². The number of fused-ring (bicyclic) bond motifs is 1. The minimum atomic E-state index is -0.671. The summed E-state index contributed by atoms with van der Waals surface area (Å²) >= 11 is 12.5. The molecule has 30 heavy (non-hydrogen) atoms. The number of ether oxygens (including phenoxy) is 1. The predicted octanol–water partition coefficient (Wildman–Crippen LogP) is 6.13. The number of benzene rings is 2. The maximum absolute atomic E-state index is 11.5. The van der Waals surface area contributed by atoms with E-state index in [4.69, 9.17) is 27.9 Å². The lowest BCUT2D eigenvalue weighted by molar-refractivity contribution is -0.146. The molecule has 2 aliphatic rings. The number of carboxylic acids is 1. The van der Waals surface area contributed by atoms with Crippen LogP contribution in [0.25, 0.3) is 0 Å². The molecule has 6 heteroatoms. The van der Waals surface area contributed by atoms with Gasteiger partial charge in [-0.05, 0) is 74.9 Å². The van der Waals surface area contributed by atoms with Crippen molar-refractivity contribution in [2.75, 3.05) is 6.54 Å². The van der Waals surface area contributed by atoms with E-state index in [2.05, 4.69) is 30.9 Å². The summed E-state index contributed by atoms with van der Waals surface area (Å²) in [6, 6.07) is 12.1. The van der Waals surface area contributed by atoms with Crippen LogP contribution in [0.15, 0.2) is 36.4 Å². The summed E-state index contributed by atoms with van der Waals surface area (Å²) < 4.78 is 5.99. The number of carbonyl (C=O) groups is 1. The molecule has 2 aromatic rings. The third kappa shape index (κ3) is 4.18. The fraction of sp³-hybridized carbons (Fsp3) is 0.458. The van der Waals surface area contributed by atoms with Crippen LogP contribution < -0.4 is 4.74 Å². The second kappa shape index (κ2) is 8.41. The highest BCUT2D eigenvalue weighted by Gasteiger charge is 2.42. The van der Waals surface area contributed by atoms with Gasteiger partial charge in [-0.3, -0.25) is 9.69 Å². The van der Waals surface area contributed by atoms with Crippen molar-refractivity contribution in [1.29, 1.82) is 0 Å². The van der Waals surface area contributed by atoms with Crippen molar-refractivity contribution in [3.8, 4) is 5.75 Å². The molecule has 2 unspecified atom stereocenters. The van der Waals surface area contributed by atoms with E-state index >= 15 is 0 Å². The third-order valence-electron chi connectivity index (χ3n) is 6.57. The highest BCUT2D eigenvalue weighted by molar-refractivity contribution is 6.35. The fourth-order valence-electron chi connectivity index (χ4n) is 5.02. The number of aliphatic carboxylic acids is 1. The lowest BCUT2D eigenvalue weighted by Gasteiger charge is -2.48. The highest BCUT2D eigenvalue weighted by atomic mass is 35.5. The summed E-state index contributed by atoms with van der Waals surface area (Å²) in [5.74, 6) is -0.103. The number of hydrogen-bond acceptors (Lipinski definition) is 3. The summed E-state index contributed by atoms with van der Waals surface area (Å²) in [5, 5.41) is 10.6. The molecule has 2 aromatic carbocycles. The molecule has 1 fully saturated rings. The molecule has 0 radical (unpaired) electrons. The highest BCUT2D eigenvalue weighted by Crippen LogP contribution is 2.44. The standard InChI is InChI=1S/C24H27Cl2NO3/c1-24(2)13-16(23(28)29)10-11-27(24)22-9-6-15-12-17(7-8-18(15)22)30-14-19-20(25)4-3-5-21(19)26/h3-5,7-8,12,16,22H,6,9-11,13-14H2,1-2H3,(H,28,29). The van der Waals surface area contributed by atoms with Crippen LogP contribution in [-0.2, 0) is 17.8 Å². The zero-order valence-corrected chi connectivity index (χ0v) is 18.8. The van der Waals surface area contributed by atoms with Crippen LogP contribution in [-0.4, -0.2) is 28.1 Å². The molecular formula is C24H27Cl2NO3. The Morgan fingerprint density at radius 1 is 1.20 bits per heavy atom. The Morgan fingerprint density at radius 2 is 1.93 bits per heavy atom. The maximum Gasteiger partial charge on any atom is 0.306 e. The Balaban J connectivity index is 1.48. The molecular weight excluding hydrogens is 421 g/mol. The lowest BCUT2D eigenvalue weighted by Crippen LogP contribution is -2.52. The minimum Gasteiger partial charge on any atom is -0.489 e. The van der Waals surface area contributed by atoms with Gasteiger partial charge in [0.15, 0.2) is 0 Å². The molecule has 0 aromatic heterocycles. The fourth-order valence-corrected chi connectivity index (χ4v) is 5.53. The number of rotatable bonds is 5. The van der Waals surface area contributed by atoms with Crippen LogP contribution in [0.5, 0.6) is 5.75 Å². The summed E-state index contributed by atoms with van der Waals surface area (Å²) in [4.78, 5) is 14.0. The molecule has 1 aliphatic heterocycles. The summed E-state index contributed by atoms with van der Waals surface area (Å²) in [6.07, 6.45) is 3.45. The quantitative estimate of drug-likeness (QED) is 0.598. The van der Waals surface area contributed by atoms with Crippen molar-refractivity contribution >= 4 is 29.2 Å². The molecule has 160 valence electrons. The van der Waals surface area contributed by atoms with E-state index in [9.17, 15) is 9.90 Å². The SMILES string of the molecule is CC1(C)CC(C(=O)O)CCN1C1CCc2cc(OCc3c(Cl)cccc3Cl)ccc21. The van der Waals surface area contributed by atoms with E-state index in [0.717, 1.165) is 30.7 Å². The van der Waals surface area contributed by atoms with Crippen LogP contribution in [0.4, 0.5) is 0 Å². The number of piperidine rings is 1. The topological polar surface area (TPSA) is 49.8 Å². The first kappa shape index (κ1) is 21.5. The zero-order valence-electron chi connectivity index (χ0n) is 17.3. The van der Waals surface area contributed by atoms with Gasteiger partial charge in [-0.2, -0.15) is 0 Å². The molecule has 2 atom stereocenters. The monoisotopic (exact) mass is 447 g/mol. The van der Waals surface area contributed by atoms with E-state index in [1.807, 2.05) is 24.3 Å². The molecule has 0 bridgehead atoms. The second-order valence-corrected chi connectivity index (χ2v) is 9.75. The number of aryl methyl sites for hydroxylation is 1. The Morgan fingerprint density at radius 3 is 2.60 bits per heavy atom. The van der Waals surface area contributed by atoms with E-state index in [1.54, 1.807) is 0 Å². The van der Waals surface area contributed by atoms with Gasteiger partial charge in [0.2, 0.25) is 0 Å². The second-order valence-electron chi connectivity index (χ2n) is 8.94. The largest absolute Gasteiger partial charge is 0.489 e.